The van der Waals surface area contributed by atoms with E-state index < -0.39 is 0 Å². The van der Waals surface area contributed by atoms with Crippen molar-refractivity contribution in [3.8, 4) is 0 Å². The molecular formula is C10H18O. The number of rotatable bonds is 5. The van der Waals surface area contributed by atoms with E-state index in [0.29, 0.717) is 5.92 Å². The molecule has 0 spiro atoms. The van der Waals surface area contributed by atoms with E-state index in [-0.39, 0.29) is 0 Å². The monoisotopic (exact) mass is 154 g/mol. The molecule has 0 radical (unpaired) electrons. The highest BCUT2D eigenvalue weighted by Gasteiger charge is 1.95. The van der Waals surface area contributed by atoms with E-state index in [1.54, 1.807) is 7.11 Å². The maximum atomic E-state index is 4.99. The van der Waals surface area contributed by atoms with E-state index >= 15 is 0 Å². The van der Waals surface area contributed by atoms with Gasteiger partial charge in [0.05, 0.1) is 6.61 Å². The van der Waals surface area contributed by atoms with Crippen molar-refractivity contribution in [2.75, 3.05) is 13.7 Å². The Bertz CT molecular complexity index is 136. The molecule has 0 saturated heterocycles. The summed E-state index contributed by atoms with van der Waals surface area (Å²) in [6.45, 7) is 8.70. The number of methoxy groups -OCH3 is 1. The van der Waals surface area contributed by atoms with Crippen molar-refractivity contribution < 1.29 is 4.74 Å². The molecule has 0 heterocycles. The van der Waals surface area contributed by atoms with Crippen molar-refractivity contribution in [1.82, 2.24) is 0 Å². The normalized spacial score (nSPS) is 14.6. The van der Waals surface area contributed by atoms with E-state index in [1.807, 2.05) is 6.08 Å². The SMILES string of the molecule is C=CCC(C)/C=C(\C)COC. The van der Waals surface area contributed by atoms with Crippen LogP contribution < -0.4 is 0 Å². The lowest BCUT2D eigenvalue weighted by molar-refractivity contribution is 0.225. The predicted octanol–water partition coefficient (Wildman–Crippen LogP) is 2.79. The summed E-state index contributed by atoms with van der Waals surface area (Å²) in [5.41, 5.74) is 1.29. The van der Waals surface area contributed by atoms with Crippen molar-refractivity contribution in [2.24, 2.45) is 5.92 Å². The molecule has 11 heavy (non-hydrogen) atoms. The van der Waals surface area contributed by atoms with Crippen LogP contribution in [0.1, 0.15) is 20.3 Å². The zero-order valence-electron chi connectivity index (χ0n) is 7.76. The minimum Gasteiger partial charge on any atom is -0.380 e. The van der Waals surface area contributed by atoms with Crippen LogP contribution in [-0.2, 0) is 4.74 Å². The first-order valence-electron chi connectivity index (χ1n) is 3.97. The molecule has 0 aromatic carbocycles. The van der Waals surface area contributed by atoms with Crippen LogP contribution in [-0.4, -0.2) is 13.7 Å². The molecule has 0 aliphatic carbocycles. The van der Waals surface area contributed by atoms with Crippen molar-refractivity contribution in [1.29, 1.82) is 0 Å². The molecule has 0 saturated carbocycles. The maximum Gasteiger partial charge on any atom is 0.0670 e. The van der Waals surface area contributed by atoms with Crippen molar-refractivity contribution >= 4 is 0 Å². The van der Waals surface area contributed by atoms with Gasteiger partial charge in [-0.15, -0.1) is 6.58 Å². The lowest BCUT2D eigenvalue weighted by Crippen LogP contribution is -1.94. The molecular weight excluding hydrogens is 136 g/mol. The largest absolute Gasteiger partial charge is 0.380 e. The highest BCUT2D eigenvalue weighted by atomic mass is 16.5. The third-order valence-electron chi connectivity index (χ3n) is 1.48. The van der Waals surface area contributed by atoms with E-state index in [9.17, 15) is 0 Å². The van der Waals surface area contributed by atoms with E-state index in [4.69, 9.17) is 4.74 Å². The minimum absolute atomic E-state index is 0.586. The van der Waals surface area contributed by atoms with Gasteiger partial charge in [-0.25, -0.2) is 0 Å². The molecule has 0 fully saturated rings. The molecule has 0 aromatic rings. The molecule has 0 amide bonds. The van der Waals surface area contributed by atoms with Gasteiger partial charge in [0.1, 0.15) is 0 Å². The zero-order valence-corrected chi connectivity index (χ0v) is 7.76. The molecule has 1 atom stereocenters. The van der Waals surface area contributed by atoms with Gasteiger partial charge < -0.3 is 4.74 Å². The fraction of sp³-hybridized carbons (Fsp3) is 0.600. The molecule has 0 aromatic heterocycles. The minimum atomic E-state index is 0.586. The van der Waals surface area contributed by atoms with Crippen molar-refractivity contribution in [3.05, 3.63) is 24.3 Å². The summed E-state index contributed by atoms with van der Waals surface area (Å²) in [6, 6.07) is 0. The topological polar surface area (TPSA) is 9.23 Å². The van der Waals surface area contributed by atoms with Gasteiger partial charge in [0.15, 0.2) is 0 Å². The Balaban J connectivity index is 3.75. The summed E-state index contributed by atoms with van der Waals surface area (Å²) in [6.07, 6.45) is 5.22. The van der Waals surface area contributed by atoms with Crippen molar-refractivity contribution in [2.45, 2.75) is 20.3 Å². The Morgan fingerprint density at radius 2 is 2.27 bits per heavy atom. The van der Waals surface area contributed by atoms with Crippen LogP contribution in [0, 0.1) is 5.92 Å². The average Bonchev–Trinajstić information content (AvgIpc) is 1.87. The summed E-state index contributed by atoms with van der Waals surface area (Å²) in [5.74, 6) is 0.586. The van der Waals surface area contributed by atoms with E-state index in [0.717, 1.165) is 13.0 Å². The number of allylic oxidation sites excluding steroid dienone is 2. The van der Waals surface area contributed by atoms with E-state index in [1.165, 1.54) is 5.57 Å². The first-order chi connectivity index (χ1) is 5.20. The summed E-state index contributed by atoms with van der Waals surface area (Å²) < 4.78 is 4.99. The average molecular weight is 154 g/mol. The van der Waals surface area contributed by atoms with Gasteiger partial charge in [-0.05, 0) is 19.3 Å². The highest BCUT2D eigenvalue weighted by Crippen LogP contribution is 2.07. The fourth-order valence-electron chi connectivity index (χ4n) is 1.09. The lowest BCUT2D eigenvalue weighted by Gasteiger charge is -2.04. The van der Waals surface area contributed by atoms with Gasteiger partial charge in [0, 0.05) is 7.11 Å². The molecule has 0 N–H and O–H groups in total. The predicted molar refractivity (Wildman–Crippen MR) is 49.6 cm³/mol. The third-order valence-corrected chi connectivity index (χ3v) is 1.48. The first kappa shape index (κ1) is 10.4. The Kier molecular flexibility index (Phi) is 5.86. The molecule has 1 unspecified atom stereocenters. The fourth-order valence-corrected chi connectivity index (χ4v) is 1.09. The van der Waals surface area contributed by atoms with Crippen LogP contribution >= 0.6 is 0 Å². The van der Waals surface area contributed by atoms with Crippen LogP contribution in [0.25, 0.3) is 0 Å². The number of hydrogen-bond acceptors (Lipinski definition) is 1. The lowest BCUT2D eigenvalue weighted by atomic mass is 10.1. The highest BCUT2D eigenvalue weighted by molar-refractivity contribution is 5.01. The number of hydrogen-bond donors (Lipinski definition) is 0. The summed E-state index contributed by atoms with van der Waals surface area (Å²) >= 11 is 0. The van der Waals surface area contributed by atoms with Crippen LogP contribution in [0.2, 0.25) is 0 Å². The number of ether oxygens (including phenoxy) is 1. The zero-order chi connectivity index (χ0) is 8.69. The Hall–Kier alpha value is -0.560. The molecule has 0 rings (SSSR count). The summed E-state index contributed by atoms with van der Waals surface area (Å²) in [4.78, 5) is 0. The second-order valence-corrected chi connectivity index (χ2v) is 2.95. The van der Waals surface area contributed by atoms with Gasteiger partial charge in [0.25, 0.3) is 0 Å². The second kappa shape index (κ2) is 6.17. The Morgan fingerprint density at radius 3 is 2.73 bits per heavy atom. The Labute approximate surface area is 69.8 Å². The Morgan fingerprint density at radius 1 is 1.64 bits per heavy atom. The van der Waals surface area contributed by atoms with Crippen molar-refractivity contribution in [3.63, 3.8) is 0 Å². The molecule has 1 heteroatoms. The van der Waals surface area contributed by atoms with Crippen LogP contribution in [0.4, 0.5) is 0 Å². The van der Waals surface area contributed by atoms with Gasteiger partial charge >= 0.3 is 0 Å². The summed E-state index contributed by atoms with van der Waals surface area (Å²) in [7, 11) is 1.72. The van der Waals surface area contributed by atoms with Gasteiger partial charge in [-0.3, -0.25) is 0 Å². The second-order valence-electron chi connectivity index (χ2n) is 2.95. The third kappa shape index (κ3) is 5.86. The smallest absolute Gasteiger partial charge is 0.0670 e. The van der Waals surface area contributed by atoms with Gasteiger partial charge in [-0.1, -0.05) is 24.6 Å². The molecule has 64 valence electrons. The summed E-state index contributed by atoms with van der Waals surface area (Å²) in [5, 5.41) is 0. The molecule has 0 bridgehead atoms. The quantitative estimate of drug-likeness (QED) is 0.553. The van der Waals surface area contributed by atoms with Crippen LogP contribution in [0.3, 0.4) is 0 Å². The van der Waals surface area contributed by atoms with Crippen LogP contribution in [0.5, 0.6) is 0 Å². The molecule has 0 aliphatic rings. The molecule has 0 aliphatic heterocycles. The van der Waals surface area contributed by atoms with Gasteiger partial charge in [-0.2, -0.15) is 0 Å². The van der Waals surface area contributed by atoms with Crippen LogP contribution in [0.15, 0.2) is 24.3 Å². The standard InChI is InChI=1S/C10H18O/c1-5-6-9(2)7-10(3)8-11-4/h5,7,9H,1,6,8H2,2-4H3/b10-7+. The molecule has 1 nitrogen and oxygen atoms in total. The van der Waals surface area contributed by atoms with E-state index in [2.05, 4.69) is 26.5 Å². The maximum absolute atomic E-state index is 4.99. The van der Waals surface area contributed by atoms with Gasteiger partial charge in [0.2, 0.25) is 0 Å². The first-order valence-corrected chi connectivity index (χ1v) is 3.97.